The predicted molar refractivity (Wildman–Crippen MR) is 106 cm³/mol. The van der Waals surface area contributed by atoms with Crippen LogP contribution in [0.1, 0.15) is 44.9 Å². The van der Waals surface area contributed by atoms with Crippen molar-refractivity contribution in [2.75, 3.05) is 13.2 Å². The smallest absolute Gasteiger partial charge is 0.220 e. The van der Waals surface area contributed by atoms with Gasteiger partial charge in [0.05, 0.1) is 6.54 Å². The average molecular weight is 349 g/mol. The van der Waals surface area contributed by atoms with E-state index in [4.69, 9.17) is 4.74 Å². The molecule has 1 aliphatic rings. The number of benzene rings is 2. The van der Waals surface area contributed by atoms with Gasteiger partial charge < -0.3 is 10.1 Å². The van der Waals surface area contributed by atoms with Crippen LogP contribution in [0.2, 0.25) is 0 Å². The number of amides is 1. The first-order chi connectivity index (χ1) is 12.8. The number of hydrogen-bond acceptors (Lipinski definition) is 2. The van der Waals surface area contributed by atoms with Crippen LogP contribution in [-0.4, -0.2) is 19.1 Å². The van der Waals surface area contributed by atoms with Crippen molar-refractivity contribution in [1.82, 2.24) is 5.32 Å². The van der Waals surface area contributed by atoms with Crippen LogP contribution in [0, 0.1) is 17.8 Å². The Kier molecular flexibility index (Phi) is 6.96. The van der Waals surface area contributed by atoms with Crippen LogP contribution in [-0.2, 0) is 4.79 Å². The van der Waals surface area contributed by atoms with E-state index in [0.29, 0.717) is 19.6 Å². The maximum absolute atomic E-state index is 11.9. The van der Waals surface area contributed by atoms with E-state index in [0.717, 1.165) is 28.9 Å². The quantitative estimate of drug-likeness (QED) is 0.768. The monoisotopic (exact) mass is 349 g/mol. The molecule has 2 aromatic carbocycles. The molecule has 3 nitrogen and oxygen atoms in total. The van der Waals surface area contributed by atoms with E-state index in [1.807, 2.05) is 30.3 Å². The Labute approximate surface area is 156 Å². The molecule has 1 saturated carbocycles. The molecule has 3 heteroatoms. The summed E-state index contributed by atoms with van der Waals surface area (Å²) in [6.45, 7) is 0.717. The molecule has 1 amide bonds. The lowest BCUT2D eigenvalue weighted by Crippen LogP contribution is -2.24. The minimum absolute atomic E-state index is 0.111. The number of fused-ring (bicyclic) bond motifs is 1. The van der Waals surface area contributed by atoms with Crippen LogP contribution in [0.25, 0.3) is 10.8 Å². The molecule has 0 atom stereocenters. The van der Waals surface area contributed by atoms with Crippen molar-refractivity contribution in [3.63, 3.8) is 0 Å². The van der Waals surface area contributed by atoms with Crippen LogP contribution in [0.4, 0.5) is 0 Å². The Balaban J connectivity index is 1.35. The van der Waals surface area contributed by atoms with Gasteiger partial charge in [-0.15, -0.1) is 0 Å². The van der Waals surface area contributed by atoms with E-state index < -0.39 is 0 Å². The van der Waals surface area contributed by atoms with Crippen LogP contribution in [0.3, 0.4) is 0 Å². The lowest BCUT2D eigenvalue weighted by atomic mass is 9.86. The first kappa shape index (κ1) is 18.3. The fourth-order valence-corrected chi connectivity index (χ4v) is 3.59. The third-order valence-electron chi connectivity index (χ3n) is 5.05. The Morgan fingerprint density at radius 2 is 1.85 bits per heavy atom. The molecule has 26 heavy (non-hydrogen) atoms. The van der Waals surface area contributed by atoms with Gasteiger partial charge in [0.15, 0.2) is 0 Å². The highest BCUT2D eigenvalue weighted by Crippen LogP contribution is 2.27. The largest absolute Gasteiger partial charge is 0.480 e. The number of ether oxygens (including phenoxy) is 1. The minimum Gasteiger partial charge on any atom is -0.480 e. The van der Waals surface area contributed by atoms with Gasteiger partial charge in [0, 0.05) is 11.8 Å². The summed E-state index contributed by atoms with van der Waals surface area (Å²) in [5.74, 6) is 7.64. The molecule has 0 saturated heterocycles. The second-order valence-electron chi connectivity index (χ2n) is 6.94. The summed E-state index contributed by atoms with van der Waals surface area (Å²) >= 11 is 0. The highest BCUT2D eigenvalue weighted by Gasteiger charge is 2.14. The number of rotatable bonds is 6. The molecule has 0 unspecified atom stereocenters. The summed E-state index contributed by atoms with van der Waals surface area (Å²) in [6.07, 6.45) is 8.24. The molecule has 0 spiro atoms. The molecule has 0 radical (unpaired) electrons. The minimum atomic E-state index is 0.111. The molecule has 0 bridgehead atoms. The van der Waals surface area contributed by atoms with Gasteiger partial charge in [-0.05, 0) is 23.8 Å². The molecule has 1 aliphatic carbocycles. The lowest BCUT2D eigenvalue weighted by molar-refractivity contribution is -0.121. The normalized spacial score (nSPS) is 14.5. The summed E-state index contributed by atoms with van der Waals surface area (Å²) in [6, 6.07) is 14.1. The maximum Gasteiger partial charge on any atom is 0.220 e. The number of hydrogen-bond donors (Lipinski definition) is 1. The van der Waals surface area contributed by atoms with Gasteiger partial charge in [-0.1, -0.05) is 80.3 Å². The molecule has 0 aliphatic heterocycles. The lowest BCUT2D eigenvalue weighted by Gasteiger charge is -2.20. The second kappa shape index (κ2) is 9.87. The molecule has 3 rings (SSSR count). The van der Waals surface area contributed by atoms with E-state index in [2.05, 4.69) is 29.3 Å². The standard InChI is InChI=1S/C23H27NO2/c25-23(16-15-19-9-2-1-3-10-19)24-17-6-7-18-26-22-14-8-12-20-11-4-5-13-21(20)22/h4-5,8,11-14,19H,1-3,9-10,15-18H2,(H,24,25). The summed E-state index contributed by atoms with van der Waals surface area (Å²) < 4.78 is 5.77. The van der Waals surface area contributed by atoms with Crippen LogP contribution < -0.4 is 10.1 Å². The number of carbonyl (C=O) groups excluding carboxylic acids is 1. The number of carbonyl (C=O) groups is 1. The molecule has 2 aromatic rings. The molecule has 1 fully saturated rings. The zero-order valence-electron chi connectivity index (χ0n) is 15.3. The van der Waals surface area contributed by atoms with Gasteiger partial charge in [-0.25, -0.2) is 0 Å². The Hall–Kier alpha value is -2.47. The van der Waals surface area contributed by atoms with Gasteiger partial charge in [-0.3, -0.25) is 4.79 Å². The van der Waals surface area contributed by atoms with Gasteiger partial charge in [0.25, 0.3) is 0 Å². The van der Waals surface area contributed by atoms with E-state index >= 15 is 0 Å². The molecule has 0 heterocycles. The van der Waals surface area contributed by atoms with Crippen molar-refractivity contribution in [2.24, 2.45) is 5.92 Å². The molecule has 1 N–H and O–H groups in total. The summed E-state index contributed by atoms with van der Waals surface area (Å²) in [7, 11) is 0. The van der Waals surface area contributed by atoms with Gasteiger partial charge in [-0.2, -0.15) is 0 Å². The van der Waals surface area contributed by atoms with Crippen LogP contribution in [0.15, 0.2) is 42.5 Å². The SMILES string of the molecule is O=C(CCC1CCCCC1)NCC#CCOc1cccc2ccccc12. The van der Waals surface area contributed by atoms with E-state index in [9.17, 15) is 4.79 Å². The first-order valence-electron chi connectivity index (χ1n) is 9.66. The molecule has 0 aromatic heterocycles. The molecule has 136 valence electrons. The van der Waals surface area contributed by atoms with Gasteiger partial charge in [0.1, 0.15) is 12.4 Å². The zero-order valence-corrected chi connectivity index (χ0v) is 15.3. The van der Waals surface area contributed by atoms with Crippen molar-refractivity contribution in [3.05, 3.63) is 42.5 Å². The highest BCUT2D eigenvalue weighted by atomic mass is 16.5. The van der Waals surface area contributed by atoms with Crippen molar-refractivity contribution < 1.29 is 9.53 Å². The topological polar surface area (TPSA) is 38.3 Å². The zero-order chi connectivity index (χ0) is 18.0. The van der Waals surface area contributed by atoms with Gasteiger partial charge >= 0.3 is 0 Å². The van der Waals surface area contributed by atoms with Crippen molar-refractivity contribution in [2.45, 2.75) is 44.9 Å². The van der Waals surface area contributed by atoms with Crippen molar-refractivity contribution >= 4 is 16.7 Å². The van der Waals surface area contributed by atoms with Gasteiger partial charge in [0.2, 0.25) is 5.91 Å². The fraction of sp³-hybridized carbons (Fsp3) is 0.435. The fourth-order valence-electron chi connectivity index (χ4n) is 3.59. The second-order valence-corrected chi connectivity index (χ2v) is 6.94. The van der Waals surface area contributed by atoms with E-state index in [1.54, 1.807) is 0 Å². The molecular formula is C23H27NO2. The van der Waals surface area contributed by atoms with Crippen LogP contribution >= 0.6 is 0 Å². The van der Waals surface area contributed by atoms with Crippen LogP contribution in [0.5, 0.6) is 5.75 Å². The van der Waals surface area contributed by atoms with E-state index in [-0.39, 0.29) is 5.91 Å². The number of nitrogens with one attached hydrogen (secondary N) is 1. The first-order valence-corrected chi connectivity index (χ1v) is 9.66. The summed E-state index contributed by atoms with van der Waals surface area (Å²) in [5.41, 5.74) is 0. The Morgan fingerprint density at radius 1 is 1.04 bits per heavy atom. The van der Waals surface area contributed by atoms with Crippen molar-refractivity contribution in [3.8, 4) is 17.6 Å². The van der Waals surface area contributed by atoms with Crippen molar-refractivity contribution in [1.29, 1.82) is 0 Å². The summed E-state index contributed by atoms with van der Waals surface area (Å²) in [5, 5.41) is 5.13. The third-order valence-corrected chi connectivity index (χ3v) is 5.05. The Morgan fingerprint density at radius 3 is 2.73 bits per heavy atom. The Bertz CT molecular complexity index is 776. The summed E-state index contributed by atoms with van der Waals surface area (Å²) in [4.78, 5) is 11.9. The maximum atomic E-state index is 11.9. The average Bonchev–Trinajstić information content (AvgIpc) is 2.70. The molecular weight excluding hydrogens is 322 g/mol. The highest BCUT2D eigenvalue weighted by molar-refractivity contribution is 5.88. The van der Waals surface area contributed by atoms with E-state index in [1.165, 1.54) is 32.1 Å². The predicted octanol–water partition coefficient (Wildman–Crippen LogP) is 4.70. The third kappa shape index (κ3) is 5.52.